The van der Waals surface area contributed by atoms with E-state index in [1.165, 1.54) is 11.3 Å². The van der Waals surface area contributed by atoms with Crippen molar-refractivity contribution in [3.63, 3.8) is 0 Å². The van der Waals surface area contributed by atoms with Crippen LogP contribution in [0, 0.1) is 15.9 Å². The quantitative estimate of drug-likeness (QED) is 0.674. The molecule has 0 unspecified atom stereocenters. The molecule has 0 radical (unpaired) electrons. The van der Waals surface area contributed by atoms with Crippen LogP contribution < -0.4 is 5.73 Å². The molecule has 1 aromatic carbocycles. The lowest BCUT2D eigenvalue weighted by Gasteiger charge is -2.10. The topological polar surface area (TPSA) is 69.2 Å². The summed E-state index contributed by atoms with van der Waals surface area (Å²) in [6.45, 7) is 0. The van der Waals surface area contributed by atoms with Gasteiger partial charge in [0.1, 0.15) is 5.82 Å². The SMILES string of the molecule is N[C@@H](c1cccs1)c1cc(F)ccc1[N+](=O)[O-]. The van der Waals surface area contributed by atoms with Crippen molar-refractivity contribution in [3.05, 3.63) is 62.1 Å². The third-order valence-electron chi connectivity index (χ3n) is 2.37. The van der Waals surface area contributed by atoms with Crippen LogP contribution in [0.15, 0.2) is 35.7 Å². The highest BCUT2D eigenvalue weighted by Crippen LogP contribution is 2.30. The molecule has 2 aromatic rings. The van der Waals surface area contributed by atoms with E-state index in [0.717, 1.165) is 23.1 Å². The maximum atomic E-state index is 13.1. The van der Waals surface area contributed by atoms with Crippen molar-refractivity contribution in [1.82, 2.24) is 0 Å². The number of nitro groups is 1. The normalized spacial score (nSPS) is 12.4. The molecule has 1 heterocycles. The molecule has 17 heavy (non-hydrogen) atoms. The molecule has 0 amide bonds. The highest BCUT2D eigenvalue weighted by Gasteiger charge is 2.21. The van der Waals surface area contributed by atoms with Crippen LogP contribution in [0.25, 0.3) is 0 Å². The predicted octanol–water partition coefficient (Wildman–Crippen LogP) is 2.84. The van der Waals surface area contributed by atoms with Crippen molar-refractivity contribution >= 4 is 17.0 Å². The lowest BCUT2D eigenvalue weighted by atomic mass is 10.0. The molecule has 0 spiro atoms. The highest BCUT2D eigenvalue weighted by atomic mass is 32.1. The first-order valence-corrected chi connectivity index (χ1v) is 5.70. The van der Waals surface area contributed by atoms with Crippen LogP contribution >= 0.6 is 11.3 Å². The number of thiophene rings is 1. The average molecular weight is 252 g/mol. The summed E-state index contributed by atoms with van der Waals surface area (Å²) >= 11 is 1.38. The van der Waals surface area contributed by atoms with E-state index in [9.17, 15) is 14.5 Å². The van der Waals surface area contributed by atoms with Crippen molar-refractivity contribution in [3.8, 4) is 0 Å². The van der Waals surface area contributed by atoms with Gasteiger partial charge < -0.3 is 5.73 Å². The van der Waals surface area contributed by atoms with E-state index in [-0.39, 0.29) is 11.3 Å². The van der Waals surface area contributed by atoms with Crippen molar-refractivity contribution in [1.29, 1.82) is 0 Å². The Morgan fingerprint density at radius 3 is 2.76 bits per heavy atom. The van der Waals surface area contributed by atoms with E-state index in [0.29, 0.717) is 0 Å². The van der Waals surface area contributed by atoms with Gasteiger partial charge in [-0.25, -0.2) is 4.39 Å². The maximum absolute atomic E-state index is 13.1. The minimum atomic E-state index is -0.675. The number of hydrogen-bond donors (Lipinski definition) is 1. The van der Waals surface area contributed by atoms with Gasteiger partial charge in [-0.3, -0.25) is 10.1 Å². The van der Waals surface area contributed by atoms with Crippen LogP contribution in [0.4, 0.5) is 10.1 Å². The van der Waals surface area contributed by atoms with Gasteiger partial charge in [-0.1, -0.05) is 6.07 Å². The Balaban J connectivity index is 2.50. The second-order valence-corrected chi connectivity index (χ2v) is 4.43. The smallest absolute Gasteiger partial charge is 0.274 e. The predicted molar refractivity (Wildman–Crippen MR) is 63.4 cm³/mol. The van der Waals surface area contributed by atoms with Gasteiger partial charge in [0.25, 0.3) is 5.69 Å². The van der Waals surface area contributed by atoms with E-state index >= 15 is 0 Å². The van der Waals surface area contributed by atoms with Gasteiger partial charge in [0, 0.05) is 10.9 Å². The van der Waals surface area contributed by atoms with E-state index < -0.39 is 16.8 Å². The number of nitro benzene ring substituents is 1. The summed E-state index contributed by atoms with van der Waals surface area (Å²) in [4.78, 5) is 11.0. The maximum Gasteiger partial charge on any atom is 0.274 e. The van der Waals surface area contributed by atoms with E-state index in [1.54, 1.807) is 12.1 Å². The Hall–Kier alpha value is -1.79. The van der Waals surface area contributed by atoms with Gasteiger partial charge in [-0.05, 0) is 23.6 Å². The average Bonchev–Trinajstić information content (AvgIpc) is 2.80. The van der Waals surface area contributed by atoms with Crippen LogP contribution in [0.2, 0.25) is 0 Å². The van der Waals surface area contributed by atoms with Gasteiger partial charge in [-0.15, -0.1) is 11.3 Å². The van der Waals surface area contributed by atoms with Crippen molar-refractivity contribution in [2.24, 2.45) is 5.73 Å². The second-order valence-electron chi connectivity index (χ2n) is 3.45. The molecule has 0 aliphatic rings. The first-order chi connectivity index (χ1) is 8.09. The Morgan fingerprint density at radius 2 is 2.18 bits per heavy atom. The minimum absolute atomic E-state index is 0.160. The summed E-state index contributed by atoms with van der Waals surface area (Å²) in [5.41, 5.74) is 5.94. The molecule has 0 bridgehead atoms. The van der Waals surface area contributed by atoms with Crippen LogP contribution in [0.1, 0.15) is 16.5 Å². The molecule has 88 valence electrons. The van der Waals surface area contributed by atoms with Crippen LogP contribution in [-0.2, 0) is 0 Å². The minimum Gasteiger partial charge on any atom is -0.319 e. The number of nitrogens with zero attached hydrogens (tertiary/aromatic N) is 1. The van der Waals surface area contributed by atoms with Crippen molar-refractivity contribution in [2.75, 3.05) is 0 Å². The van der Waals surface area contributed by atoms with Crippen LogP contribution in [0.3, 0.4) is 0 Å². The zero-order valence-corrected chi connectivity index (χ0v) is 9.49. The molecule has 6 heteroatoms. The molecule has 2 rings (SSSR count). The zero-order chi connectivity index (χ0) is 12.4. The van der Waals surface area contributed by atoms with Gasteiger partial charge >= 0.3 is 0 Å². The second kappa shape index (κ2) is 4.60. The number of halogens is 1. The van der Waals surface area contributed by atoms with Crippen LogP contribution in [0.5, 0.6) is 0 Å². The number of benzene rings is 1. The van der Waals surface area contributed by atoms with Gasteiger partial charge in [0.05, 0.1) is 16.5 Å². The molecule has 4 nitrogen and oxygen atoms in total. The van der Waals surface area contributed by atoms with Crippen molar-refractivity contribution in [2.45, 2.75) is 6.04 Å². The molecule has 1 aromatic heterocycles. The Kier molecular flexibility index (Phi) is 3.16. The summed E-state index contributed by atoms with van der Waals surface area (Å²) in [5.74, 6) is -0.530. The number of rotatable bonds is 3. The summed E-state index contributed by atoms with van der Waals surface area (Å²) in [6.07, 6.45) is 0. The fraction of sp³-hybridized carbons (Fsp3) is 0.0909. The Morgan fingerprint density at radius 1 is 1.41 bits per heavy atom. The Labute approximate surface area is 101 Å². The lowest BCUT2D eigenvalue weighted by Crippen LogP contribution is -2.12. The van der Waals surface area contributed by atoms with Crippen LogP contribution in [-0.4, -0.2) is 4.92 Å². The molecule has 0 fully saturated rings. The summed E-state index contributed by atoms with van der Waals surface area (Å²) in [7, 11) is 0. The molecular formula is C11H9FN2O2S. The van der Waals surface area contributed by atoms with Gasteiger partial charge in [0.15, 0.2) is 0 Å². The van der Waals surface area contributed by atoms with E-state index in [1.807, 2.05) is 5.38 Å². The molecular weight excluding hydrogens is 243 g/mol. The lowest BCUT2D eigenvalue weighted by molar-refractivity contribution is -0.385. The zero-order valence-electron chi connectivity index (χ0n) is 8.67. The van der Waals surface area contributed by atoms with Gasteiger partial charge in [0.2, 0.25) is 0 Å². The molecule has 0 aliphatic heterocycles. The molecule has 2 N–H and O–H groups in total. The molecule has 0 saturated heterocycles. The third-order valence-corrected chi connectivity index (χ3v) is 3.33. The number of nitrogens with two attached hydrogens (primary N) is 1. The first-order valence-electron chi connectivity index (χ1n) is 4.82. The fourth-order valence-corrected chi connectivity index (χ4v) is 2.31. The van der Waals surface area contributed by atoms with Crippen molar-refractivity contribution < 1.29 is 9.31 Å². The molecule has 0 aliphatic carbocycles. The summed E-state index contributed by atoms with van der Waals surface area (Å²) in [6, 6.07) is 6.20. The molecule has 0 saturated carbocycles. The summed E-state index contributed by atoms with van der Waals surface area (Å²) < 4.78 is 13.1. The molecule has 1 atom stereocenters. The van der Waals surface area contributed by atoms with E-state index in [2.05, 4.69) is 0 Å². The number of hydrogen-bond acceptors (Lipinski definition) is 4. The monoisotopic (exact) mass is 252 g/mol. The largest absolute Gasteiger partial charge is 0.319 e. The third kappa shape index (κ3) is 2.32. The fourth-order valence-electron chi connectivity index (χ4n) is 1.56. The standard InChI is InChI=1S/C11H9FN2O2S/c12-7-3-4-9(14(15)16)8(6-7)11(13)10-2-1-5-17-10/h1-6,11H,13H2/t11-/m1/s1. The summed E-state index contributed by atoms with van der Waals surface area (Å²) in [5, 5.41) is 12.7. The first kappa shape index (κ1) is 11.7. The highest BCUT2D eigenvalue weighted by molar-refractivity contribution is 7.10. The van der Waals surface area contributed by atoms with E-state index in [4.69, 9.17) is 5.73 Å². The van der Waals surface area contributed by atoms with Gasteiger partial charge in [-0.2, -0.15) is 0 Å². The Bertz CT molecular complexity index is 542.